The van der Waals surface area contributed by atoms with Gasteiger partial charge in [0.1, 0.15) is 5.75 Å². The van der Waals surface area contributed by atoms with E-state index in [0.29, 0.717) is 5.75 Å². The van der Waals surface area contributed by atoms with E-state index < -0.39 is 0 Å². The van der Waals surface area contributed by atoms with Gasteiger partial charge in [0.15, 0.2) is 0 Å². The molecule has 0 unspecified atom stereocenters. The third-order valence-electron chi connectivity index (χ3n) is 0.756. The van der Waals surface area contributed by atoms with E-state index in [0.717, 1.165) is 0 Å². The Morgan fingerprint density at radius 1 is 1.11 bits per heavy atom. The van der Waals surface area contributed by atoms with Crippen LogP contribution in [0.1, 0.15) is 0 Å². The molecule has 9 heavy (non-hydrogen) atoms. The first-order valence-corrected chi connectivity index (χ1v) is 2.39. The van der Waals surface area contributed by atoms with Crippen molar-refractivity contribution in [2.75, 3.05) is 0 Å². The van der Waals surface area contributed by atoms with Crippen LogP contribution in [-0.2, 0) is 0 Å². The van der Waals surface area contributed by atoms with Crippen LogP contribution < -0.4 is 0 Å². The van der Waals surface area contributed by atoms with Crippen LogP contribution in [0.2, 0.25) is 0 Å². The summed E-state index contributed by atoms with van der Waals surface area (Å²) in [6, 6.07) is 8.71. The van der Waals surface area contributed by atoms with Crippen LogP contribution in [0, 0.1) is 11.8 Å². The summed E-state index contributed by atoms with van der Waals surface area (Å²) in [5.41, 5.74) is 0. The second-order valence-electron chi connectivity index (χ2n) is 1.34. The topological polar surface area (TPSA) is 44.0 Å². The zero-order valence-electron chi connectivity index (χ0n) is 4.86. The van der Waals surface area contributed by atoms with E-state index >= 15 is 0 Å². The molecule has 2 heteroatoms. The highest BCUT2D eigenvalue weighted by atomic mass is 16.3. The summed E-state index contributed by atoms with van der Waals surface area (Å²) in [6.07, 6.45) is 0. The number of nitriles is 1. The maximum absolute atomic E-state index is 8.63. The molecule has 1 rings (SSSR count). The minimum atomic E-state index is 0.322. The van der Waals surface area contributed by atoms with E-state index in [-0.39, 0.29) is 0 Å². The normalized spacial score (nSPS) is 6.89. The van der Waals surface area contributed by atoms with Gasteiger partial charge < -0.3 is 5.11 Å². The van der Waals surface area contributed by atoms with Gasteiger partial charge in [0.2, 0.25) is 0 Å². The van der Waals surface area contributed by atoms with Gasteiger partial charge in [-0.25, -0.2) is 5.26 Å². The summed E-state index contributed by atoms with van der Waals surface area (Å²) < 4.78 is 0. The predicted octanol–water partition coefficient (Wildman–Crippen LogP) is 1.53. The maximum Gasteiger partial charge on any atom is 0.115 e. The number of rotatable bonds is 0. The van der Waals surface area contributed by atoms with Crippen molar-refractivity contribution < 1.29 is 5.11 Å². The smallest absolute Gasteiger partial charge is 0.115 e. The van der Waals surface area contributed by atoms with Crippen LogP contribution in [0.3, 0.4) is 0 Å². The van der Waals surface area contributed by atoms with Gasteiger partial charge in [-0.1, -0.05) is 18.2 Å². The Bertz CT molecular complexity index is 169. The largest absolute Gasteiger partial charge is 0.508 e. The Morgan fingerprint density at radius 3 is 1.78 bits per heavy atom. The second kappa shape index (κ2) is 4.66. The van der Waals surface area contributed by atoms with Gasteiger partial charge in [-0.3, -0.25) is 0 Å². The van der Waals surface area contributed by atoms with Crippen molar-refractivity contribution in [1.82, 2.24) is 0 Å². The Labute approximate surface area is 54.0 Å². The van der Waals surface area contributed by atoms with E-state index in [1.807, 2.05) is 6.07 Å². The fourth-order valence-electron chi connectivity index (χ4n) is 0.428. The van der Waals surface area contributed by atoms with Gasteiger partial charge in [-0.2, -0.15) is 0 Å². The molecule has 0 spiro atoms. The number of nitrogens with zero attached hydrogens (tertiary/aromatic N) is 1. The predicted molar refractivity (Wildman–Crippen MR) is 34.8 cm³/mol. The molecule has 0 atom stereocenters. The van der Waals surface area contributed by atoms with Crippen LogP contribution in [0.5, 0.6) is 5.75 Å². The Kier molecular flexibility index (Phi) is 3.89. The number of para-hydroxylation sites is 1. The number of benzene rings is 1. The molecule has 1 N–H and O–H groups in total. The van der Waals surface area contributed by atoms with Crippen molar-refractivity contribution >= 4 is 0 Å². The van der Waals surface area contributed by atoms with Gasteiger partial charge >= 0.3 is 0 Å². The van der Waals surface area contributed by atoms with E-state index in [1.165, 1.54) is 0 Å². The maximum atomic E-state index is 8.63. The highest BCUT2D eigenvalue weighted by Gasteiger charge is 1.74. The molecule has 0 fully saturated rings. The van der Waals surface area contributed by atoms with Crippen molar-refractivity contribution in [3.8, 4) is 12.3 Å². The van der Waals surface area contributed by atoms with Crippen molar-refractivity contribution in [2.45, 2.75) is 0 Å². The molecular weight excluding hydrogens is 114 g/mol. The van der Waals surface area contributed by atoms with E-state index in [9.17, 15) is 0 Å². The highest BCUT2D eigenvalue weighted by Crippen LogP contribution is 2.02. The molecule has 2 nitrogen and oxygen atoms in total. The Hall–Kier alpha value is -1.49. The molecule has 0 amide bonds. The Balaban J connectivity index is 0.000000291. The minimum absolute atomic E-state index is 0.322. The summed E-state index contributed by atoms with van der Waals surface area (Å²) >= 11 is 0. The molecule has 1 aromatic rings. The first kappa shape index (κ1) is 7.51. The monoisotopic (exact) mass is 121 g/mol. The summed E-state index contributed by atoms with van der Waals surface area (Å²) in [7, 11) is 0. The van der Waals surface area contributed by atoms with Crippen molar-refractivity contribution in [3.63, 3.8) is 0 Å². The van der Waals surface area contributed by atoms with Gasteiger partial charge in [-0.05, 0) is 12.1 Å². The average Bonchev–Trinajstić information content (AvgIpc) is 1.94. The van der Waals surface area contributed by atoms with Crippen LogP contribution in [0.25, 0.3) is 0 Å². The lowest BCUT2D eigenvalue weighted by molar-refractivity contribution is 0.475. The van der Waals surface area contributed by atoms with Crippen molar-refractivity contribution in [3.05, 3.63) is 30.3 Å². The van der Waals surface area contributed by atoms with Crippen molar-refractivity contribution in [1.29, 1.82) is 5.26 Å². The van der Waals surface area contributed by atoms with Crippen LogP contribution >= 0.6 is 0 Å². The molecule has 0 aromatic heterocycles. The number of phenolic OH excluding ortho intramolecular Hbond substituents is 1. The van der Waals surface area contributed by atoms with E-state index in [2.05, 4.69) is 6.57 Å². The van der Waals surface area contributed by atoms with Gasteiger partial charge in [0.05, 0.1) is 0 Å². The molecule has 0 bridgehead atoms. The molecule has 0 saturated carbocycles. The summed E-state index contributed by atoms with van der Waals surface area (Å²) in [5, 5.41) is 15.1. The first-order chi connectivity index (χ1) is 4.39. The van der Waals surface area contributed by atoms with E-state index in [1.54, 1.807) is 24.3 Å². The zero-order chi connectivity index (χ0) is 7.11. The van der Waals surface area contributed by atoms with Gasteiger partial charge in [0, 0.05) is 6.57 Å². The third-order valence-corrected chi connectivity index (χ3v) is 0.756. The molecular formula is C7H7NO. The summed E-state index contributed by atoms with van der Waals surface area (Å²) in [6.45, 7) is 3.50. The molecule has 0 heterocycles. The molecule has 0 aliphatic heterocycles. The average molecular weight is 121 g/mol. The van der Waals surface area contributed by atoms with Crippen LogP contribution in [0.4, 0.5) is 0 Å². The molecule has 1 aromatic carbocycles. The molecule has 46 valence electrons. The number of aromatic hydroxyl groups is 1. The Morgan fingerprint density at radius 2 is 1.56 bits per heavy atom. The number of hydrogen-bond acceptors (Lipinski definition) is 2. The SMILES string of the molecule is C#N.Oc1ccccc1. The highest BCUT2D eigenvalue weighted by molar-refractivity contribution is 5.18. The van der Waals surface area contributed by atoms with Crippen LogP contribution in [0.15, 0.2) is 30.3 Å². The number of phenols is 1. The number of hydrogen-bond donors (Lipinski definition) is 1. The quantitative estimate of drug-likeness (QED) is 0.565. The fraction of sp³-hybridized carbons (Fsp3) is 0. The lowest BCUT2D eigenvalue weighted by atomic mass is 10.3. The minimum Gasteiger partial charge on any atom is -0.508 e. The van der Waals surface area contributed by atoms with Gasteiger partial charge in [-0.15, -0.1) is 0 Å². The first-order valence-electron chi connectivity index (χ1n) is 2.39. The molecule has 0 aliphatic rings. The summed E-state index contributed by atoms with van der Waals surface area (Å²) in [5.74, 6) is 0.322. The lowest BCUT2D eigenvalue weighted by Gasteiger charge is -1.82. The standard InChI is InChI=1S/C6H6O.CHN/c7-6-4-2-1-3-5-6;1-2/h1-5,7H;1H. The van der Waals surface area contributed by atoms with Crippen molar-refractivity contribution in [2.24, 2.45) is 0 Å². The molecule has 0 saturated heterocycles. The van der Waals surface area contributed by atoms with Gasteiger partial charge in [0.25, 0.3) is 0 Å². The van der Waals surface area contributed by atoms with Crippen LogP contribution in [-0.4, -0.2) is 5.11 Å². The van der Waals surface area contributed by atoms with E-state index in [4.69, 9.17) is 10.4 Å². The zero-order valence-corrected chi connectivity index (χ0v) is 4.86. The second-order valence-corrected chi connectivity index (χ2v) is 1.34. The lowest BCUT2D eigenvalue weighted by Crippen LogP contribution is -1.56. The molecule has 0 aliphatic carbocycles. The third kappa shape index (κ3) is 3.12. The molecule has 0 radical (unpaired) electrons. The summed E-state index contributed by atoms with van der Waals surface area (Å²) in [4.78, 5) is 0. The fourth-order valence-corrected chi connectivity index (χ4v) is 0.428.